The molecule has 2 rings (SSSR count). The normalized spacial score (nSPS) is 11.6. The standard InChI is InChI=1S/C12H8F3NOS/c1-7-4-9(6-17)18-11(7)8-2-3-10(16-5-8)12(13,14)15/h2-6H,1H3. The van der Waals surface area contributed by atoms with Crippen LogP contribution in [0.3, 0.4) is 0 Å². The number of nitrogens with zero attached hydrogens (tertiary/aromatic N) is 1. The molecule has 0 saturated heterocycles. The summed E-state index contributed by atoms with van der Waals surface area (Å²) in [5, 5.41) is 0. The zero-order chi connectivity index (χ0) is 13.3. The molecule has 0 N–H and O–H groups in total. The van der Waals surface area contributed by atoms with Crippen LogP contribution in [0.5, 0.6) is 0 Å². The Morgan fingerprint density at radius 3 is 2.50 bits per heavy atom. The monoisotopic (exact) mass is 271 g/mol. The predicted molar refractivity (Wildman–Crippen MR) is 62.7 cm³/mol. The molecule has 2 heterocycles. The summed E-state index contributed by atoms with van der Waals surface area (Å²) in [6, 6.07) is 4.00. The number of pyridine rings is 1. The minimum atomic E-state index is -4.43. The highest BCUT2D eigenvalue weighted by molar-refractivity contribution is 7.17. The van der Waals surface area contributed by atoms with E-state index in [0.717, 1.165) is 22.8 Å². The minimum absolute atomic E-state index is 0.544. The topological polar surface area (TPSA) is 30.0 Å². The van der Waals surface area contributed by atoms with Gasteiger partial charge >= 0.3 is 6.18 Å². The molecule has 0 aliphatic rings. The van der Waals surface area contributed by atoms with Crippen LogP contribution < -0.4 is 0 Å². The highest BCUT2D eigenvalue weighted by atomic mass is 32.1. The predicted octanol–water partition coefficient (Wildman–Crippen LogP) is 3.95. The third-order valence-corrected chi connectivity index (χ3v) is 3.58. The van der Waals surface area contributed by atoms with Crippen LogP contribution in [-0.4, -0.2) is 11.3 Å². The van der Waals surface area contributed by atoms with E-state index in [0.29, 0.717) is 10.4 Å². The van der Waals surface area contributed by atoms with Crippen LogP contribution in [0.15, 0.2) is 24.4 Å². The van der Waals surface area contributed by atoms with Crippen molar-refractivity contribution in [2.75, 3.05) is 0 Å². The SMILES string of the molecule is Cc1cc(C=O)sc1-c1ccc(C(F)(F)F)nc1. The first-order valence-electron chi connectivity index (χ1n) is 5.01. The molecule has 94 valence electrons. The van der Waals surface area contributed by atoms with Gasteiger partial charge in [0.1, 0.15) is 5.69 Å². The Bertz CT molecular complexity index is 572. The zero-order valence-corrected chi connectivity index (χ0v) is 10.1. The van der Waals surface area contributed by atoms with Crippen molar-refractivity contribution in [1.82, 2.24) is 4.98 Å². The molecule has 2 aromatic heterocycles. The van der Waals surface area contributed by atoms with Crippen molar-refractivity contribution in [1.29, 1.82) is 0 Å². The fourth-order valence-electron chi connectivity index (χ4n) is 1.55. The lowest BCUT2D eigenvalue weighted by Crippen LogP contribution is -2.07. The second kappa shape index (κ2) is 4.53. The molecule has 2 nitrogen and oxygen atoms in total. The molecule has 2 aromatic rings. The van der Waals surface area contributed by atoms with E-state index >= 15 is 0 Å². The first kappa shape index (κ1) is 12.8. The highest BCUT2D eigenvalue weighted by Crippen LogP contribution is 2.33. The van der Waals surface area contributed by atoms with E-state index < -0.39 is 11.9 Å². The average molecular weight is 271 g/mol. The summed E-state index contributed by atoms with van der Waals surface area (Å²) in [7, 11) is 0. The molecule has 0 amide bonds. The molecular weight excluding hydrogens is 263 g/mol. The van der Waals surface area contributed by atoms with Crippen molar-refractivity contribution in [2.24, 2.45) is 0 Å². The lowest BCUT2D eigenvalue weighted by molar-refractivity contribution is -0.141. The summed E-state index contributed by atoms with van der Waals surface area (Å²) >= 11 is 1.24. The van der Waals surface area contributed by atoms with E-state index in [1.807, 2.05) is 0 Å². The van der Waals surface area contributed by atoms with Crippen LogP contribution in [-0.2, 0) is 6.18 Å². The van der Waals surface area contributed by atoms with Crippen LogP contribution in [0.2, 0.25) is 0 Å². The largest absolute Gasteiger partial charge is 0.433 e. The molecular formula is C12H8F3NOS. The number of thiophene rings is 1. The van der Waals surface area contributed by atoms with Gasteiger partial charge in [0.2, 0.25) is 0 Å². The number of aryl methyl sites for hydroxylation is 1. The van der Waals surface area contributed by atoms with Crippen molar-refractivity contribution in [2.45, 2.75) is 13.1 Å². The van der Waals surface area contributed by atoms with Gasteiger partial charge in [-0.05, 0) is 30.7 Å². The van der Waals surface area contributed by atoms with Crippen LogP contribution in [0.4, 0.5) is 13.2 Å². The molecule has 6 heteroatoms. The number of carbonyl (C=O) groups is 1. The first-order chi connectivity index (χ1) is 8.41. The Morgan fingerprint density at radius 2 is 2.06 bits per heavy atom. The Kier molecular flexibility index (Phi) is 3.21. The maximum Gasteiger partial charge on any atom is 0.433 e. The van der Waals surface area contributed by atoms with Crippen molar-refractivity contribution in [3.63, 3.8) is 0 Å². The molecule has 0 aliphatic heterocycles. The maximum atomic E-state index is 12.4. The van der Waals surface area contributed by atoms with Gasteiger partial charge < -0.3 is 0 Å². The van der Waals surface area contributed by atoms with Gasteiger partial charge in [-0.2, -0.15) is 13.2 Å². The number of aldehydes is 1. The van der Waals surface area contributed by atoms with E-state index in [1.165, 1.54) is 23.6 Å². The van der Waals surface area contributed by atoms with Crippen molar-refractivity contribution in [3.8, 4) is 10.4 Å². The molecule has 0 bridgehead atoms. The average Bonchev–Trinajstić information content (AvgIpc) is 2.70. The van der Waals surface area contributed by atoms with Gasteiger partial charge in [0, 0.05) is 16.6 Å². The van der Waals surface area contributed by atoms with Crippen LogP contribution in [0.1, 0.15) is 20.9 Å². The lowest BCUT2D eigenvalue weighted by Gasteiger charge is -2.06. The quantitative estimate of drug-likeness (QED) is 0.774. The van der Waals surface area contributed by atoms with Gasteiger partial charge in [-0.25, -0.2) is 0 Å². The van der Waals surface area contributed by atoms with Gasteiger partial charge in [-0.1, -0.05) is 0 Å². The molecule has 0 unspecified atom stereocenters. The molecule has 0 fully saturated rings. The Balaban J connectivity index is 2.40. The summed E-state index contributed by atoms with van der Waals surface area (Å²) in [5.41, 5.74) is 0.512. The number of rotatable bonds is 2. The number of aromatic nitrogens is 1. The van der Waals surface area contributed by atoms with Crippen molar-refractivity contribution >= 4 is 17.6 Å². The Hall–Kier alpha value is -1.69. The van der Waals surface area contributed by atoms with Crippen molar-refractivity contribution in [3.05, 3.63) is 40.5 Å². The number of carbonyl (C=O) groups excluding carboxylic acids is 1. The van der Waals surface area contributed by atoms with E-state index in [9.17, 15) is 18.0 Å². The summed E-state index contributed by atoms with van der Waals surface area (Å²) in [4.78, 5) is 15.3. The van der Waals surface area contributed by atoms with E-state index in [1.54, 1.807) is 13.0 Å². The third-order valence-electron chi connectivity index (χ3n) is 2.37. The highest BCUT2D eigenvalue weighted by Gasteiger charge is 2.32. The summed E-state index contributed by atoms with van der Waals surface area (Å²) in [6.07, 6.45) is -2.54. The van der Waals surface area contributed by atoms with E-state index in [2.05, 4.69) is 4.98 Å². The van der Waals surface area contributed by atoms with Crippen LogP contribution in [0.25, 0.3) is 10.4 Å². The summed E-state index contributed by atoms with van der Waals surface area (Å²) < 4.78 is 37.1. The van der Waals surface area contributed by atoms with Crippen LogP contribution >= 0.6 is 11.3 Å². The number of hydrogen-bond acceptors (Lipinski definition) is 3. The molecule has 0 aromatic carbocycles. The lowest BCUT2D eigenvalue weighted by atomic mass is 10.1. The smallest absolute Gasteiger partial charge is 0.297 e. The zero-order valence-electron chi connectivity index (χ0n) is 9.28. The van der Waals surface area contributed by atoms with Gasteiger partial charge in [-0.3, -0.25) is 9.78 Å². The molecule has 0 saturated carbocycles. The number of hydrogen-bond donors (Lipinski definition) is 0. The van der Waals surface area contributed by atoms with Gasteiger partial charge in [-0.15, -0.1) is 11.3 Å². The molecule has 0 atom stereocenters. The molecule has 0 spiro atoms. The van der Waals surface area contributed by atoms with Crippen LogP contribution in [0, 0.1) is 6.92 Å². The maximum absolute atomic E-state index is 12.4. The van der Waals surface area contributed by atoms with Crippen molar-refractivity contribution < 1.29 is 18.0 Å². The van der Waals surface area contributed by atoms with E-state index in [4.69, 9.17) is 0 Å². The Labute approximate surface area is 105 Å². The molecule has 18 heavy (non-hydrogen) atoms. The molecule has 0 aliphatic carbocycles. The van der Waals surface area contributed by atoms with E-state index in [-0.39, 0.29) is 0 Å². The summed E-state index contributed by atoms with van der Waals surface area (Å²) in [5.74, 6) is 0. The number of halogens is 3. The number of alkyl halides is 3. The van der Waals surface area contributed by atoms with Gasteiger partial charge in [0.25, 0.3) is 0 Å². The second-order valence-corrected chi connectivity index (χ2v) is 4.79. The summed E-state index contributed by atoms with van der Waals surface area (Å²) in [6.45, 7) is 1.80. The third kappa shape index (κ3) is 2.43. The first-order valence-corrected chi connectivity index (χ1v) is 5.82. The Morgan fingerprint density at radius 1 is 1.33 bits per heavy atom. The van der Waals surface area contributed by atoms with Gasteiger partial charge in [0.05, 0.1) is 4.88 Å². The second-order valence-electron chi connectivity index (χ2n) is 3.71. The fourth-order valence-corrected chi connectivity index (χ4v) is 2.53. The van der Waals surface area contributed by atoms with Gasteiger partial charge in [0.15, 0.2) is 6.29 Å². The fraction of sp³-hybridized carbons (Fsp3) is 0.167. The minimum Gasteiger partial charge on any atom is -0.297 e. The molecule has 0 radical (unpaired) electrons.